The zero-order chi connectivity index (χ0) is 11.3. The van der Waals surface area contributed by atoms with Crippen LogP contribution in [0.5, 0.6) is 0 Å². The summed E-state index contributed by atoms with van der Waals surface area (Å²) >= 11 is 5.78. The predicted molar refractivity (Wildman–Crippen MR) is 59.6 cm³/mol. The number of hydrogen-bond donors (Lipinski definition) is 1. The summed E-state index contributed by atoms with van der Waals surface area (Å²) < 4.78 is 18.5. The molecule has 1 atom stereocenters. The molecule has 0 fully saturated rings. The fraction of sp³-hybridized carbons (Fsp3) is 0.455. The highest BCUT2D eigenvalue weighted by Gasteiger charge is 2.07. The maximum absolute atomic E-state index is 13.1. The molecular formula is C11H15ClFNO. The van der Waals surface area contributed by atoms with Gasteiger partial charge in [-0.2, -0.15) is 0 Å². The second kappa shape index (κ2) is 6.05. The van der Waals surface area contributed by atoms with Crippen LogP contribution in [-0.2, 0) is 11.3 Å². The van der Waals surface area contributed by atoms with Gasteiger partial charge in [0.05, 0.1) is 17.7 Å². The number of likely N-dealkylation sites (N-methyl/N-ethyl adjacent to an activating group) is 1. The molecule has 1 unspecified atom stereocenters. The molecule has 1 aromatic carbocycles. The molecule has 0 radical (unpaired) electrons. The molecule has 0 amide bonds. The maximum Gasteiger partial charge on any atom is 0.142 e. The molecule has 0 spiro atoms. The lowest BCUT2D eigenvalue weighted by atomic mass is 10.2. The predicted octanol–water partition coefficient (Wildman–Crippen LogP) is 2.60. The number of ether oxygens (including phenoxy) is 1. The van der Waals surface area contributed by atoms with Crippen LogP contribution >= 0.6 is 11.6 Å². The van der Waals surface area contributed by atoms with Gasteiger partial charge in [-0.05, 0) is 25.6 Å². The van der Waals surface area contributed by atoms with E-state index in [2.05, 4.69) is 5.32 Å². The van der Waals surface area contributed by atoms with Gasteiger partial charge in [-0.3, -0.25) is 0 Å². The normalized spacial score (nSPS) is 12.8. The summed E-state index contributed by atoms with van der Waals surface area (Å²) in [5.74, 6) is -0.404. The van der Waals surface area contributed by atoms with Gasteiger partial charge in [0.15, 0.2) is 0 Å². The van der Waals surface area contributed by atoms with E-state index in [1.165, 1.54) is 6.07 Å². The molecule has 1 N–H and O–H groups in total. The lowest BCUT2D eigenvalue weighted by Crippen LogP contribution is -2.23. The van der Waals surface area contributed by atoms with Gasteiger partial charge in [0, 0.05) is 6.54 Å². The van der Waals surface area contributed by atoms with Crippen LogP contribution in [0.4, 0.5) is 4.39 Å². The highest BCUT2D eigenvalue weighted by Crippen LogP contribution is 2.20. The number of rotatable bonds is 5. The van der Waals surface area contributed by atoms with Gasteiger partial charge in [0.25, 0.3) is 0 Å². The smallest absolute Gasteiger partial charge is 0.142 e. The first kappa shape index (κ1) is 12.4. The Morgan fingerprint density at radius 3 is 2.93 bits per heavy atom. The van der Waals surface area contributed by atoms with Crippen LogP contribution in [0.15, 0.2) is 18.2 Å². The van der Waals surface area contributed by atoms with Crippen molar-refractivity contribution >= 4 is 11.6 Å². The minimum atomic E-state index is -0.404. The molecule has 1 aromatic rings. The number of halogens is 2. The van der Waals surface area contributed by atoms with Crippen molar-refractivity contribution in [2.45, 2.75) is 19.6 Å². The molecule has 84 valence electrons. The summed E-state index contributed by atoms with van der Waals surface area (Å²) in [6, 6.07) is 4.73. The summed E-state index contributed by atoms with van der Waals surface area (Å²) in [5, 5.41) is 3.15. The van der Waals surface area contributed by atoms with Crippen molar-refractivity contribution in [2.24, 2.45) is 0 Å². The van der Waals surface area contributed by atoms with Gasteiger partial charge < -0.3 is 10.1 Å². The first-order valence-corrected chi connectivity index (χ1v) is 5.22. The molecule has 0 heterocycles. The van der Waals surface area contributed by atoms with E-state index in [9.17, 15) is 4.39 Å². The Bertz CT molecular complexity index is 319. The van der Waals surface area contributed by atoms with Gasteiger partial charge in [0.2, 0.25) is 0 Å². The third kappa shape index (κ3) is 3.78. The third-order valence-corrected chi connectivity index (χ3v) is 2.47. The first-order chi connectivity index (χ1) is 7.15. The summed E-state index contributed by atoms with van der Waals surface area (Å²) in [7, 11) is 1.86. The lowest BCUT2D eigenvalue weighted by molar-refractivity contribution is 0.0544. The van der Waals surface area contributed by atoms with Crippen molar-refractivity contribution in [1.82, 2.24) is 5.32 Å². The topological polar surface area (TPSA) is 21.3 Å². The van der Waals surface area contributed by atoms with Crippen LogP contribution in [0.25, 0.3) is 0 Å². The fourth-order valence-corrected chi connectivity index (χ4v) is 1.42. The van der Waals surface area contributed by atoms with E-state index in [1.807, 2.05) is 14.0 Å². The molecule has 4 heteroatoms. The Hall–Kier alpha value is -0.640. The zero-order valence-electron chi connectivity index (χ0n) is 8.89. The molecular weight excluding hydrogens is 217 g/mol. The fourth-order valence-electron chi connectivity index (χ4n) is 1.24. The van der Waals surface area contributed by atoms with Crippen molar-refractivity contribution in [3.8, 4) is 0 Å². The van der Waals surface area contributed by atoms with Crippen molar-refractivity contribution in [2.75, 3.05) is 13.6 Å². The standard InChI is InChI=1S/C11H15ClFNO/c1-8(6-14-2)15-7-9-4-3-5-10(13)11(9)12/h3-5,8,14H,6-7H2,1-2H3. The second-order valence-corrected chi connectivity index (χ2v) is 3.77. The van der Waals surface area contributed by atoms with Crippen LogP contribution in [0.2, 0.25) is 5.02 Å². The van der Waals surface area contributed by atoms with Crippen LogP contribution < -0.4 is 5.32 Å². The van der Waals surface area contributed by atoms with E-state index in [1.54, 1.807) is 12.1 Å². The Morgan fingerprint density at radius 2 is 2.27 bits per heavy atom. The minimum absolute atomic E-state index is 0.0781. The van der Waals surface area contributed by atoms with Gasteiger partial charge >= 0.3 is 0 Å². The zero-order valence-corrected chi connectivity index (χ0v) is 9.64. The third-order valence-electron chi connectivity index (χ3n) is 2.05. The number of hydrogen-bond acceptors (Lipinski definition) is 2. The highest BCUT2D eigenvalue weighted by atomic mass is 35.5. The Balaban J connectivity index is 2.54. The summed E-state index contributed by atoms with van der Waals surface area (Å²) in [6.45, 7) is 3.04. The van der Waals surface area contributed by atoms with Crippen LogP contribution in [0.3, 0.4) is 0 Å². The van der Waals surface area contributed by atoms with Gasteiger partial charge in [-0.1, -0.05) is 23.7 Å². The molecule has 0 aliphatic heterocycles. The molecule has 0 saturated heterocycles. The summed E-state index contributed by atoms with van der Waals surface area (Å²) in [6.07, 6.45) is 0.0781. The molecule has 0 saturated carbocycles. The van der Waals surface area contributed by atoms with Crippen molar-refractivity contribution in [1.29, 1.82) is 0 Å². The number of benzene rings is 1. The highest BCUT2D eigenvalue weighted by molar-refractivity contribution is 6.31. The van der Waals surface area contributed by atoms with Crippen LogP contribution in [0, 0.1) is 5.82 Å². The Kier molecular flexibility index (Phi) is 5.02. The Labute approximate surface area is 94.4 Å². The molecule has 1 rings (SSSR count). The number of nitrogens with one attached hydrogen (secondary N) is 1. The van der Waals surface area contributed by atoms with Gasteiger partial charge in [-0.25, -0.2) is 4.39 Å². The summed E-state index contributed by atoms with van der Waals surface area (Å²) in [4.78, 5) is 0. The van der Waals surface area contributed by atoms with E-state index >= 15 is 0 Å². The molecule has 0 bridgehead atoms. The molecule has 15 heavy (non-hydrogen) atoms. The average molecular weight is 232 g/mol. The molecule has 0 aliphatic rings. The SMILES string of the molecule is CNCC(C)OCc1cccc(F)c1Cl. The Morgan fingerprint density at radius 1 is 1.53 bits per heavy atom. The van der Waals surface area contributed by atoms with Gasteiger partial charge in [0.1, 0.15) is 5.82 Å². The monoisotopic (exact) mass is 231 g/mol. The first-order valence-electron chi connectivity index (χ1n) is 4.84. The average Bonchev–Trinajstić information content (AvgIpc) is 2.21. The van der Waals surface area contributed by atoms with E-state index in [4.69, 9.17) is 16.3 Å². The van der Waals surface area contributed by atoms with Crippen molar-refractivity contribution < 1.29 is 9.13 Å². The van der Waals surface area contributed by atoms with Crippen molar-refractivity contribution in [3.63, 3.8) is 0 Å². The molecule has 2 nitrogen and oxygen atoms in total. The van der Waals surface area contributed by atoms with Crippen LogP contribution in [-0.4, -0.2) is 19.7 Å². The van der Waals surface area contributed by atoms with E-state index in [0.717, 1.165) is 6.54 Å². The molecule has 0 aliphatic carbocycles. The van der Waals surface area contributed by atoms with Crippen LogP contribution in [0.1, 0.15) is 12.5 Å². The molecule has 0 aromatic heterocycles. The lowest BCUT2D eigenvalue weighted by Gasteiger charge is -2.13. The van der Waals surface area contributed by atoms with E-state index in [0.29, 0.717) is 12.2 Å². The van der Waals surface area contributed by atoms with E-state index < -0.39 is 5.82 Å². The van der Waals surface area contributed by atoms with Gasteiger partial charge in [-0.15, -0.1) is 0 Å². The summed E-state index contributed by atoms with van der Waals surface area (Å²) in [5.41, 5.74) is 0.680. The quantitative estimate of drug-likeness (QED) is 0.841. The second-order valence-electron chi connectivity index (χ2n) is 3.39. The van der Waals surface area contributed by atoms with E-state index in [-0.39, 0.29) is 11.1 Å². The minimum Gasteiger partial charge on any atom is -0.372 e. The maximum atomic E-state index is 13.1. The van der Waals surface area contributed by atoms with Crippen molar-refractivity contribution in [3.05, 3.63) is 34.6 Å². The largest absolute Gasteiger partial charge is 0.372 e.